The molecule has 0 saturated carbocycles. The predicted octanol–water partition coefficient (Wildman–Crippen LogP) is 2.59. The molecule has 0 radical (unpaired) electrons. The normalized spacial score (nSPS) is 17.5. The third-order valence-corrected chi connectivity index (χ3v) is 5.42. The van der Waals surface area contributed by atoms with Crippen molar-refractivity contribution in [2.45, 2.75) is 26.7 Å². The zero-order chi connectivity index (χ0) is 15.1. The van der Waals surface area contributed by atoms with Gasteiger partial charge in [0, 0.05) is 32.7 Å². The first-order chi connectivity index (χ1) is 10.2. The van der Waals surface area contributed by atoms with Crippen LogP contribution in [-0.2, 0) is 0 Å². The second kappa shape index (κ2) is 8.70. The largest absolute Gasteiger partial charge is 0.344 e. The number of rotatable bonds is 6. The second-order valence-corrected chi connectivity index (χ2v) is 7.36. The fourth-order valence-corrected chi connectivity index (χ4v) is 3.80. The molecule has 0 aromatic carbocycles. The van der Waals surface area contributed by atoms with Crippen LogP contribution in [0.4, 0.5) is 5.13 Å². The smallest absolute Gasteiger partial charge is 0.208 e. The zero-order valence-electron chi connectivity index (χ0n) is 13.2. The third-order valence-electron chi connectivity index (χ3n) is 3.42. The lowest BCUT2D eigenvalue weighted by molar-refractivity contribution is 0.312. The van der Waals surface area contributed by atoms with Crippen molar-refractivity contribution in [3.8, 4) is 0 Å². The van der Waals surface area contributed by atoms with E-state index < -0.39 is 0 Å². The topological polar surface area (TPSA) is 44.6 Å². The average molecular weight is 328 g/mol. The minimum atomic E-state index is 0.891. The molecule has 0 unspecified atom stereocenters. The molecule has 0 N–H and O–H groups in total. The molecule has 7 heteroatoms. The molecule has 2 rings (SSSR count). The highest BCUT2D eigenvalue weighted by molar-refractivity contribution is 8.14. The molecule has 21 heavy (non-hydrogen) atoms. The predicted molar refractivity (Wildman–Crippen MR) is 94.1 cm³/mol. The SMILES string of the molecule is CCCC/N=C(\SCC)c1nnc(N2CCN(C)CC2)s1. The summed E-state index contributed by atoms with van der Waals surface area (Å²) in [6.45, 7) is 9.50. The van der Waals surface area contributed by atoms with Crippen molar-refractivity contribution in [2.75, 3.05) is 50.4 Å². The van der Waals surface area contributed by atoms with Crippen LogP contribution >= 0.6 is 23.1 Å². The first kappa shape index (κ1) is 16.7. The standard InChI is InChI=1S/C14H25N5S2/c1-4-6-7-15-12(20-5-2)13-16-17-14(21-13)19-10-8-18(3)9-11-19/h4-11H2,1-3H3/b15-12-. The molecule has 5 nitrogen and oxygen atoms in total. The summed E-state index contributed by atoms with van der Waals surface area (Å²) in [5.41, 5.74) is 0. The van der Waals surface area contributed by atoms with Gasteiger partial charge in [-0.2, -0.15) is 0 Å². The van der Waals surface area contributed by atoms with E-state index in [1.165, 1.54) is 6.42 Å². The molecule has 0 bridgehead atoms. The van der Waals surface area contributed by atoms with Crippen LogP contribution in [0.2, 0.25) is 0 Å². The molecule has 1 aliphatic heterocycles. The van der Waals surface area contributed by atoms with Crippen molar-refractivity contribution in [3.63, 3.8) is 0 Å². The number of nitrogens with zero attached hydrogens (tertiary/aromatic N) is 5. The number of aromatic nitrogens is 2. The number of unbranched alkanes of at least 4 members (excludes halogenated alkanes) is 1. The number of piperazine rings is 1. The van der Waals surface area contributed by atoms with Gasteiger partial charge in [0.1, 0.15) is 5.04 Å². The number of hydrogen-bond acceptors (Lipinski definition) is 7. The summed E-state index contributed by atoms with van der Waals surface area (Å²) in [6.07, 6.45) is 2.31. The van der Waals surface area contributed by atoms with E-state index in [2.05, 4.69) is 40.9 Å². The molecule has 118 valence electrons. The Kier molecular flexibility index (Phi) is 6.92. The molecule has 0 spiro atoms. The number of aliphatic imine (C=N–C) groups is 1. The summed E-state index contributed by atoms with van der Waals surface area (Å²) in [5, 5.41) is 11.8. The Morgan fingerprint density at radius 3 is 2.67 bits per heavy atom. The third kappa shape index (κ3) is 4.93. The molecular formula is C14H25N5S2. The quantitative estimate of drug-likeness (QED) is 0.456. The van der Waals surface area contributed by atoms with Crippen LogP contribution < -0.4 is 4.90 Å². The Balaban J connectivity index is 2.03. The van der Waals surface area contributed by atoms with Gasteiger partial charge in [-0.25, -0.2) is 0 Å². The van der Waals surface area contributed by atoms with E-state index in [0.717, 1.165) is 60.1 Å². The molecule has 1 aliphatic rings. The summed E-state index contributed by atoms with van der Waals surface area (Å²) in [7, 11) is 2.17. The highest BCUT2D eigenvalue weighted by atomic mass is 32.2. The van der Waals surface area contributed by atoms with Crippen LogP contribution in [0.3, 0.4) is 0 Å². The first-order valence-electron chi connectivity index (χ1n) is 7.69. The molecule has 0 amide bonds. The van der Waals surface area contributed by atoms with E-state index >= 15 is 0 Å². The maximum absolute atomic E-state index is 4.70. The van der Waals surface area contributed by atoms with E-state index in [9.17, 15) is 0 Å². The number of likely N-dealkylation sites (N-methyl/N-ethyl adjacent to an activating group) is 1. The molecule has 0 atom stereocenters. The van der Waals surface area contributed by atoms with Gasteiger partial charge >= 0.3 is 0 Å². The van der Waals surface area contributed by atoms with Crippen molar-refractivity contribution in [1.29, 1.82) is 0 Å². The lowest BCUT2D eigenvalue weighted by Gasteiger charge is -2.31. The van der Waals surface area contributed by atoms with Crippen LogP contribution in [0.5, 0.6) is 0 Å². The molecule has 1 fully saturated rings. The van der Waals surface area contributed by atoms with Gasteiger partial charge in [0.15, 0.2) is 5.01 Å². The van der Waals surface area contributed by atoms with Crippen LogP contribution in [-0.4, -0.2) is 65.7 Å². The summed E-state index contributed by atoms with van der Waals surface area (Å²) in [6, 6.07) is 0. The zero-order valence-corrected chi connectivity index (χ0v) is 14.8. The van der Waals surface area contributed by atoms with Crippen LogP contribution in [0, 0.1) is 0 Å². The number of thioether (sulfide) groups is 1. The van der Waals surface area contributed by atoms with E-state index in [4.69, 9.17) is 4.99 Å². The lowest BCUT2D eigenvalue weighted by atomic mass is 10.3. The van der Waals surface area contributed by atoms with Crippen molar-refractivity contribution >= 4 is 33.3 Å². The average Bonchev–Trinajstić information content (AvgIpc) is 2.97. The van der Waals surface area contributed by atoms with Gasteiger partial charge in [-0.15, -0.1) is 22.0 Å². The Morgan fingerprint density at radius 1 is 1.24 bits per heavy atom. The molecule has 0 aliphatic carbocycles. The van der Waals surface area contributed by atoms with Crippen molar-refractivity contribution in [1.82, 2.24) is 15.1 Å². The monoisotopic (exact) mass is 327 g/mol. The van der Waals surface area contributed by atoms with Gasteiger partial charge in [0.05, 0.1) is 0 Å². The maximum atomic E-state index is 4.70. The van der Waals surface area contributed by atoms with Gasteiger partial charge in [-0.05, 0) is 19.2 Å². The van der Waals surface area contributed by atoms with Crippen molar-refractivity contribution in [3.05, 3.63) is 5.01 Å². The van der Waals surface area contributed by atoms with Crippen LogP contribution in [0.15, 0.2) is 4.99 Å². The molecule has 2 heterocycles. The van der Waals surface area contributed by atoms with Gasteiger partial charge in [0.2, 0.25) is 5.13 Å². The fourth-order valence-electron chi connectivity index (χ4n) is 2.08. The highest BCUT2D eigenvalue weighted by Crippen LogP contribution is 2.25. The first-order valence-corrected chi connectivity index (χ1v) is 9.49. The molecule has 1 aromatic rings. The van der Waals surface area contributed by atoms with Crippen LogP contribution in [0.25, 0.3) is 0 Å². The Hall–Kier alpha value is -0.660. The minimum Gasteiger partial charge on any atom is -0.344 e. The van der Waals surface area contributed by atoms with E-state index in [1.54, 1.807) is 23.1 Å². The summed E-state index contributed by atoms with van der Waals surface area (Å²) < 4.78 is 0. The van der Waals surface area contributed by atoms with Gasteiger partial charge in [-0.1, -0.05) is 31.6 Å². The molecular weight excluding hydrogens is 302 g/mol. The van der Waals surface area contributed by atoms with E-state index in [1.807, 2.05) is 0 Å². The summed E-state index contributed by atoms with van der Waals surface area (Å²) in [4.78, 5) is 9.39. The van der Waals surface area contributed by atoms with Gasteiger partial charge < -0.3 is 9.80 Å². The Morgan fingerprint density at radius 2 is 2.00 bits per heavy atom. The minimum absolute atomic E-state index is 0.891. The maximum Gasteiger partial charge on any atom is 0.208 e. The Bertz CT molecular complexity index is 452. The lowest BCUT2D eigenvalue weighted by Crippen LogP contribution is -2.44. The Labute approximate surface area is 135 Å². The number of anilines is 1. The van der Waals surface area contributed by atoms with Gasteiger partial charge in [-0.3, -0.25) is 4.99 Å². The molecule has 1 saturated heterocycles. The summed E-state index contributed by atoms with van der Waals surface area (Å²) in [5.74, 6) is 1.02. The van der Waals surface area contributed by atoms with E-state index in [-0.39, 0.29) is 0 Å². The summed E-state index contributed by atoms with van der Waals surface area (Å²) >= 11 is 3.45. The second-order valence-electron chi connectivity index (χ2n) is 5.15. The van der Waals surface area contributed by atoms with Crippen molar-refractivity contribution in [2.24, 2.45) is 4.99 Å². The van der Waals surface area contributed by atoms with Crippen LogP contribution in [0.1, 0.15) is 31.7 Å². The number of hydrogen-bond donors (Lipinski definition) is 0. The molecule has 1 aromatic heterocycles. The van der Waals surface area contributed by atoms with E-state index in [0.29, 0.717) is 0 Å². The van der Waals surface area contributed by atoms with Crippen molar-refractivity contribution < 1.29 is 0 Å². The highest BCUT2D eigenvalue weighted by Gasteiger charge is 2.19. The van der Waals surface area contributed by atoms with Gasteiger partial charge in [0.25, 0.3) is 0 Å². The fraction of sp³-hybridized carbons (Fsp3) is 0.786.